The number of hydrogen-bond acceptors (Lipinski definition) is 2. The summed E-state index contributed by atoms with van der Waals surface area (Å²) in [7, 11) is 0. The van der Waals surface area contributed by atoms with Crippen LogP contribution in [-0.4, -0.2) is 4.98 Å². The summed E-state index contributed by atoms with van der Waals surface area (Å²) in [5, 5.41) is 2.14. The predicted molar refractivity (Wildman–Crippen MR) is 113 cm³/mol. The third-order valence-corrected chi connectivity index (χ3v) is 7.74. The molecule has 26 heavy (non-hydrogen) atoms. The van der Waals surface area contributed by atoms with Gasteiger partial charge in [0.2, 0.25) is 0 Å². The van der Waals surface area contributed by atoms with Gasteiger partial charge in [-0.1, -0.05) is 57.6 Å². The van der Waals surface area contributed by atoms with Crippen LogP contribution in [0.5, 0.6) is 0 Å². The fraction of sp³-hybridized carbons (Fsp3) is 0.625. The van der Waals surface area contributed by atoms with Gasteiger partial charge < -0.3 is 0 Å². The molecule has 1 nitrogen and oxygen atoms in total. The normalized spacial score (nSPS) is 25.8. The molecule has 4 rings (SSSR count). The van der Waals surface area contributed by atoms with E-state index in [0.29, 0.717) is 0 Å². The van der Waals surface area contributed by atoms with Crippen LogP contribution >= 0.6 is 11.3 Å². The molecule has 2 aliphatic rings. The lowest BCUT2D eigenvalue weighted by Crippen LogP contribution is -2.27. The number of nitrogens with zero attached hydrogens (tertiary/aromatic N) is 1. The smallest absolute Gasteiger partial charge is 0.0805 e. The summed E-state index contributed by atoms with van der Waals surface area (Å²) < 4.78 is 0. The summed E-state index contributed by atoms with van der Waals surface area (Å²) in [5.41, 5.74) is 4.08. The summed E-state index contributed by atoms with van der Waals surface area (Å²) in [6, 6.07) is 8.93. The van der Waals surface area contributed by atoms with Gasteiger partial charge in [-0.25, -0.2) is 0 Å². The van der Waals surface area contributed by atoms with Crippen LogP contribution in [0.1, 0.15) is 76.0 Å². The van der Waals surface area contributed by atoms with Crippen LogP contribution in [0.15, 0.2) is 29.6 Å². The van der Waals surface area contributed by atoms with Crippen molar-refractivity contribution < 1.29 is 0 Å². The van der Waals surface area contributed by atoms with E-state index in [4.69, 9.17) is 4.98 Å². The lowest BCUT2D eigenvalue weighted by Gasteiger charge is -2.36. The highest BCUT2D eigenvalue weighted by atomic mass is 32.1. The van der Waals surface area contributed by atoms with Gasteiger partial charge in [0.15, 0.2) is 0 Å². The first kappa shape index (κ1) is 18.2. The Bertz CT molecular complexity index is 682. The summed E-state index contributed by atoms with van der Waals surface area (Å²) in [6.07, 6.45) is 15.5. The Balaban J connectivity index is 1.33. The molecule has 2 heterocycles. The van der Waals surface area contributed by atoms with E-state index in [1.165, 1.54) is 92.5 Å². The minimum Gasteiger partial charge on any atom is -0.252 e. The zero-order chi connectivity index (χ0) is 17.8. The summed E-state index contributed by atoms with van der Waals surface area (Å²) in [6.45, 7) is 2.32. The van der Waals surface area contributed by atoms with E-state index in [1.54, 1.807) is 11.3 Å². The molecule has 0 aliphatic heterocycles. The molecule has 2 aromatic heterocycles. The number of aryl methyl sites for hydroxylation is 1. The molecule has 0 bridgehead atoms. The summed E-state index contributed by atoms with van der Waals surface area (Å²) >= 11 is 1.79. The van der Waals surface area contributed by atoms with Crippen LogP contribution in [0, 0.1) is 17.8 Å². The Labute approximate surface area is 163 Å². The third-order valence-electron chi connectivity index (χ3n) is 6.85. The minimum atomic E-state index is 0.911. The second-order valence-corrected chi connectivity index (χ2v) is 9.51. The van der Waals surface area contributed by atoms with E-state index in [2.05, 4.69) is 36.6 Å². The Kier molecular flexibility index (Phi) is 6.09. The number of rotatable bonds is 6. The van der Waals surface area contributed by atoms with Crippen LogP contribution in [0.2, 0.25) is 0 Å². The Hall–Kier alpha value is -1.15. The number of aromatic nitrogens is 1. The fourth-order valence-corrected chi connectivity index (χ4v) is 5.93. The topological polar surface area (TPSA) is 12.9 Å². The lowest BCUT2D eigenvalue weighted by atomic mass is 9.70. The highest BCUT2D eigenvalue weighted by Gasteiger charge is 2.30. The van der Waals surface area contributed by atoms with E-state index < -0.39 is 0 Å². The average Bonchev–Trinajstić information content (AvgIpc) is 3.23. The molecule has 2 aliphatic carbocycles. The molecule has 140 valence electrons. The van der Waals surface area contributed by atoms with Gasteiger partial charge >= 0.3 is 0 Å². The van der Waals surface area contributed by atoms with Crippen molar-refractivity contribution in [2.24, 2.45) is 17.8 Å². The van der Waals surface area contributed by atoms with Crippen molar-refractivity contribution in [1.82, 2.24) is 4.98 Å². The van der Waals surface area contributed by atoms with Crippen LogP contribution in [0.25, 0.3) is 10.6 Å². The van der Waals surface area contributed by atoms with Gasteiger partial charge in [0.1, 0.15) is 0 Å². The predicted octanol–water partition coefficient (Wildman–Crippen LogP) is 7.30. The molecule has 0 unspecified atom stereocenters. The first-order valence-electron chi connectivity index (χ1n) is 10.9. The first-order valence-corrected chi connectivity index (χ1v) is 11.7. The van der Waals surface area contributed by atoms with Crippen LogP contribution in [0.4, 0.5) is 0 Å². The molecule has 1 saturated carbocycles. The first-order chi connectivity index (χ1) is 12.8. The van der Waals surface area contributed by atoms with Crippen LogP contribution in [-0.2, 0) is 12.8 Å². The van der Waals surface area contributed by atoms with Crippen molar-refractivity contribution in [2.45, 2.75) is 77.6 Å². The molecular weight excluding hydrogens is 334 g/mol. The molecule has 0 amide bonds. The minimum absolute atomic E-state index is 0.911. The van der Waals surface area contributed by atoms with Gasteiger partial charge in [0, 0.05) is 5.69 Å². The molecule has 0 N–H and O–H groups in total. The monoisotopic (exact) mass is 367 g/mol. The lowest BCUT2D eigenvalue weighted by molar-refractivity contribution is 0.182. The van der Waals surface area contributed by atoms with Crippen molar-refractivity contribution >= 4 is 11.3 Å². The number of pyridine rings is 1. The van der Waals surface area contributed by atoms with Crippen LogP contribution < -0.4 is 0 Å². The average molecular weight is 368 g/mol. The van der Waals surface area contributed by atoms with E-state index in [9.17, 15) is 0 Å². The molecule has 0 saturated heterocycles. The van der Waals surface area contributed by atoms with Crippen LogP contribution in [0.3, 0.4) is 0 Å². The molecule has 1 atom stereocenters. The number of hydrogen-bond donors (Lipinski definition) is 0. The standard InChI is InChI=1S/C24H33NS/c1-2-3-4-6-18-8-10-19(11-9-18)20-12-14-22-21(17-20)13-15-23(25-22)24-7-5-16-26-24/h5,7,13,15-16,18-20H,2-4,6,8-12,14,17H2,1H3/t18?,19?,20-/m1/s1. The maximum Gasteiger partial charge on any atom is 0.0805 e. The van der Waals surface area contributed by atoms with Gasteiger partial charge in [-0.05, 0) is 72.9 Å². The Morgan fingerprint density at radius 1 is 1.00 bits per heavy atom. The Morgan fingerprint density at radius 2 is 1.88 bits per heavy atom. The largest absolute Gasteiger partial charge is 0.252 e. The molecule has 1 fully saturated rings. The molecule has 0 radical (unpaired) electrons. The van der Waals surface area contributed by atoms with Gasteiger partial charge in [-0.15, -0.1) is 11.3 Å². The zero-order valence-corrected chi connectivity index (χ0v) is 17.1. The number of thiophene rings is 1. The number of fused-ring (bicyclic) bond motifs is 1. The summed E-state index contributed by atoms with van der Waals surface area (Å²) in [5.74, 6) is 2.92. The second-order valence-electron chi connectivity index (χ2n) is 8.56. The van der Waals surface area contributed by atoms with Gasteiger partial charge in [-0.2, -0.15) is 0 Å². The van der Waals surface area contributed by atoms with Crippen molar-refractivity contribution in [3.05, 3.63) is 40.9 Å². The molecular formula is C24H33NS. The fourth-order valence-electron chi connectivity index (χ4n) is 5.23. The van der Waals surface area contributed by atoms with E-state index in [1.807, 2.05) is 0 Å². The maximum atomic E-state index is 5.00. The Morgan fingerprint density at radius 3 is 2.65 bits per heavy atom. The van der Waals surface area contributed by atoms with Gasteiger partial charge in [-0.3, -0.25) is 4.98 Å². The highest BCUT2D eigenvalue weighted by Crippen LogP contribution is 2.40. The third kappa shape index (κ3) is 4.22. The molecule has 2 aromatic rings. The van der Waals surface area contributed by atoms with Crippen molar-refractivity contribution in [2.75, 3.05) is 0 Å². The highest BCUT2D eigenvalue weighted by molar-refractivity contribution is 7.13. The SMILES string of the molecule is CCCCCC1CCC([C@@H]2CCc3nc(-c4cccs4)ccc3C2)CC1. The number of unbranched alkanes of at least 4 members (excludes halogenated alkanes) is 2. The second kappa shape index (κ2) is 8.69. The molecule has 0 aromatic carbocycles. The molecule has 2 heteroatoms. The summed E-state index contributed by atoms with van der Waals surface area (Å²) in [4.78, 5) is 6.30. The van der Waals surface area contributed by atoms with E-state index in [-0.39, 0.29) is 0 Å². The van der Waals surface area contributed by atoms with E-state index in [0.717, 1.165) is 17.8 Å². The maximum absolute atomic E-state index is 5.00. The quantitative estimate of drug-likeness (QED) is 0.488. The van der Waals surface area contributed by atoms with Gasteiger partial charge in [0.05, 0.1) is 10.6 Å². The van der Waals surface area contributed by atoms with Crippen molar-refractivity contribution in [1.29, 1.82) is 0 Å². The zero-order valence-electron chi connectivity index (χ0n) is 16.3. The van der Waals surface area contributed by atoms with Gasteiger partial charge in [0.25, 0.3) is 0 Å². The molecule has 0 spiro atoms. The van der Waals surface area contributed by atoms with Crippen molar-refractivity contribution in [3.8, 4) is 10.6 Å². The van der Waals surface area contributed by atoms with Crippen molar-refractivity contribution in [3.63, 3.8) is 0 Å². The van der Waals surface area contributed by atoms with E-state index >= 15 is 0 Å².